The third-order valence-electron chi connectivity index (χ3n) is 7.19. The van der Waals surface area contributed by atoms with Gasteiger partial charge in [0, 0.05) is 41.7 Å². The van der Waals surface area contributed by atoms with Crippen molar-refractivity contribution in [3.8, 4) is 5.75 Å². The van der Waals surface area contributed by atoms with E-state index >= 15 is 0 Å². The lowest BCUT2D eigenvalue weighted by Gasteiger charge is -2.36. The van der Waals surface area contributed by atoms with Gasteiger partial charge in [-0.15, -0.1) is 0 Å². The Bertz CT molecular complexity index is 1070. The third kappa shape index (κ3) is 6.78. The average Bonchev–Trinajstić information content (AvgIpc) is 2.89. The first-order valence-electron chi connectivity index (χ1n) is 12.7. The van der Waals surface area contributed by atoms with Crippen molar-refractivity contribution in [2.75, 3.05) is 19.7 Å². The Hall–Kier alpha value is -3.06. The second-order valence-corrected chi connectivity index (χ2v) is 10.1. The maximum atomic E-state index is 13.1. The van der Waals surface area contributed by atoms with Gasteiger partial charge in [-0.1, -0.05) is 42.6 Å². The Balaban J connectivity index is 1.24. The summed E-state index contributed by atoms with van der Waals surface area (Å²) in [5.41, 5.74) is 1.61. The molecule has 2 N–H and O–H groups in total. The van der Waals surface area contributed by atoms with Gasteiger partial charge in [0.15, 0.2) is 6.61 Å². The van der Waals surface area contributed by atoms with Gasteiger partial charge >= 0.3 is 0 Å². The van der Waals surface area contributed by atoms with Crippen LogP contribution in [0.2, 0.25) is 5.02 Å². The van der Waals surface area contributed by atoms with E-state index in [1.165, 1.54) is 0 Å². The van der Waals surface area contributed by atoms with E-state index in [9.17, 15) is 14.4 Å². The fourth-order valence-electron chi connectivity index (χ4n) is 5.01. The lowest BCUT2D eigenvalue weighted by Crippen LogP contribution is -2.55. The quantitative estimate of drug-likeness (QED) is 0.585. The van der Waals surface area contributed by atoms with Crippen molar-refractivity contribution in [1.29, 1.82) is 0 Å². The smallest absolute Gasteiger partial charge is 0.260 e. The molecule has 1 saturated heterocycles. The van der Waals surface area contributed by atoms with Gasteiger partial charge < -0.3 is 20.3 Å². The molecule has 0 radical (unpaired) electrons. The number of ether oxygens (including phenoxy) is 1. The number of rotatable bonds is 7. The number of benzene rings is 2. The molecular formula is C28H34ClN3O4. The molecule has 1 aliphatic heterocycles. The predicted octanol–water partition coefficient (Wildman–Crippen LogP) is 4.12. The van der Waals surface area contributed by atoms with Crippen molar-refractivity contribution in [2.24, 2.45) is 5.92 Å². The second kappa shape index (κ2) is 12.3. The molecule has 2 aliphatic rings. The van der Waals surface area contributed by atoms with E-state index in [1.807, 2.05) is 31.2 Å². The first-order valence-corrected chi connectivity index (χ1v) is 13.1. The van der Waals surface area contributed by atoms with Gasteiger partial charge in [0.2, 0.25) is 5.91 Å². The molecule has 2 fully saturated rings. The number of piperidine rings is 1. The van der Waals surface area contributed by atoms with Crippen molar-refractivity contribution in [2.45, 2.75) is 57.5 Å². The number of hydrogen-bond donors (Lipinski definition) is 2. The maximum Gasteiger partial charge on any atom is 0.260 e. The van der Waals surface area contributed by atoms with Crippen LogP contribution in [0.1, 0.15) is 54.4 Å². The lowest BCUT2D eigenvalue weighted by atomic mass is 9.88. The molecule has 2 aromatic rings. The van der Waals surface area contributed by atoms with Gasteiger partial charge in [0.05, 0.1) is 0 Å². The minimum absolute atomic E-state index is 0.0153. The van der Waals surface area contributed by atoms with Crippen LogP contribution in [0.15, 0.2) is 48.5 Å². The van der Waals surface area contributed by atoms with Crippen molar-refractivity contribution >= 4 is 29.3 Å². The molecule has 4 rings (SSSR count). The summed E-state index contributed by atoms with van der Waals surface area (Å²) in [6, 6.07) is 14.3. The van der Waals surface area contributed by atoms with Crippen LogP contribution in [0.4, 0.5) is 0 Å². The number of carbonyl (C=O) groups is 3. The van der Waals surface area contributed by atoms with E-state index in [0.29, 0.717) is 42.3 Å². The summed E-state index contributed by atoms with van der Waals surface area (Å²) in [5.74, 6) is 0.294. The highest BCUT2D eigenvalue weighted by molar-refractivity contribution is 6.30. The lowest BCUT2D eigenvalue weighted by molar-refractivity contribution is -0.137. The third-order valence-corrected chi connectivity index (χ3v) is 7.45. The monoisotopic (exact) mass is 511 g/mol. The fraction of sp³-hybridized carbons (Fsp3) is 0.464. The van der Waals surface area contributed by atoms with E-state index < -0.39 is 0 Å². The molecule has 192 valence electrons. The molecule has 0 spiro atoms. The number of hydrogen-bond acceptors (Lipinski definition) is 4. The Morgan fingerprint density at radius 3 is 2.22 bits per heavy atom. The van der Waals surface area contributed by atoms with Gasteiger partial charge in [0.1, 0.15) is 5.75 Å². The molecule has 2 aromatic carbocycles. The zero-order valence-electron chi connectivity index (χ0n) is 20.7. The van der Waals surface area contributed by atoms with Crippen LogP contribution in [-0.2, 0) is 9.59 Å². The normalized spacial score (nSPS) is 20.4. The van der Waals surface area contributed by atoms with Crippen LogP contribution >= 0.6 is 11.6 Å². The molecule has 0 unspecified atom stereocenters. The zero-order valence-corrected chi connectivity index (χ0v) is 21.4. The minimum Gasteiger partial charge on any atom is -0.484 e. The first-order chi connectivity index (χ1) is 17.4. The van der Waals surface area contributed by atoms with E-state index in [4.69, 9.17) is 16.3 Å². The number of amides is 3. The highest BCUT2D eigenvalue weighted by Crippen LogP contribution is 2.23. The minimum atomic E-state index is -0.138. The summed E-state index contributed by atoms with van der Waals surface area (Å²) in [6.07, 6.45) is 5.00. The van der Waals surface area contributed by atoms with Gasteiger partial charge in [-0.3, -0.25) is 14.4 Å². The number of halogens is 1. The van der Waals surface area contributed by atoms with Crippen molar-refractivity contribution < 1.29 is 19.1 Å². The van der Waals surface area contributed by atoms with E-state index in [1.54, 1.807) is 29.2 Å². The number of aryl methyl sites for hydroxylation is 1. The summed E-state index contributed by atoms with van der Waals surface area (Å²) in [6.45, 7) is 2.94. The highest BCUT2D eigenvalue weighted by Gasteiger charge is 2.32. The molecule has 36 heavy (non-hydrogen) atoms. The van der Waals surface area contributed by atoms with E-state index in [0.717, 1.165) is 31.2 Å². The van der Waals surface area contributed by atoms with Gasteiger partial charge in [-0.2, -0.15) is 0 Å². The summed E-state index contributed by atoms with van der Waals surface area (Å²) in [7, 11) is 0. The Kier molecular flexibility index (Phi) is 8.86. The highest BCUT2D eigenvalue weighted by atomic mass is 35.5. The molecule has 7 nitrogen and oxygen atoms in total. The molecule has 3 amide bonds. The van der Waals surface area contributed by atoms with Crippen molar-refractivity contribution in [3.63, 3.8) is 0 Å². The molecular weight excluding hydrogens is 478 g/mol. The maximum absolute atomic E-state index is 13.1. The summed E-state index contributed by atoms with van der Waals surface area (Å²) in [5, 5.41) is 6.99. The second-order valence-electron chi connectivity index (χ2n) is 9.69. The Morgan fingerprint density at radius 1 is 0.917 bits per heavy atom. The molecule has 0 aromatic heterocycles. The number of nitrogens with one attached hydrogen (secondary N) is 2. The molecule has 8 heteroatoms. The topological polar surface area (TPSA) is 87.7 Å². The summed E-state index contributed by atoms with van der Waals surface area (Å²) >= 11 is 5.88. The SMILES string of the molecule is Cc1ccccc1C(=O)N[C@@H]1CCCC[C@H]1NC(=O)C1CCN(C(=O)COc2ccc(Cl)cc2)CC1. The molecule has 1 heterocycles. The van der Waals surface area contributed by atoms with Gasteiger partial charge in [-0.25, -0.2) is 0 Å². The Labute approximate surface area is 217 Å². The van der Waals surface area contributed by atoms with Crippen molar-refractivity contribution in [1.82, 2.24) is 15.5 Å². The van der Waals surface area contributed by atoms with Crippen molar-refractivity contribution in [3.05, 3.63) is 64.7 Å². The molecule has 1 aliphatic carbocycles. The summed E-state index contributed by atoms with van der Waals surface area (Å²) in [4.78, 5) is 40.2. The Morgan fingerprint density at radius 2 is 1.56 bits per heavy atom. The number of nitrogens with zero attached hydrogens (tertiary/aromatic N) is 1. The molecule has 2 atom stereocenters. The molecule has 1 saturated carbocycles. The van der Waals surface area contributed by atoms with Crippen LogP contribution < -0.4 is 15.4 Å². The van der Waals surface area contributed by atoms with Crippen LogP contribution in [0, 0.1) is 12.8 Å². The van der Waals surface area contributed by atoms with Crippen LogP contribution in [0.5, 0.6) is 5.75 Å². The zero-order chi connectivity index (χ0) is 25.5. The van der Waals surface area contributed by atoms with Crippen LogP contribution in [0.3, 0.4) is 0 Å². The fourth-order valence-corrected chi connectivity index (χ4v) is 5.14. The van der Waals surface area contributed by atoms with Gasteiger partial charge in [0.25, 0.3) is 11.8 Å². The average molecular weight is 512 g/mol. The molecule has 0 bridgehead atoms. The summed E-state index contributed by atoms with van der Waals surface area (Å²) < 4.78 is 5.57. The van der Waals surface area contributed by atoms with E-state index in [2.05, 4.69) is 10.6 Å². The number of carbonyl (C=O) groups excluding carboxylic acids is 3. The van der Waals surface area contributed by atoms with Crippen LogP contribution in [-0.4, -0.2) is 54.4 Å². The predicted molar refractivity (Wildman–Crippen MR) is 139 cm³/mol. The largest absolute Gasteiger partial charge is 0.484 e. The standard InChI is InChI=1S/C28H34ClN3O4/c1-19-6-2-3-7-23(19)28(35)31-25-9-5-4-8-24(25)30-27(34)20-14-16-32(17-15-20)26(33)18-36-22-12-10-21(29)11-13-22/h2-3,6-7,10-13,20,24-25H,4-5,8-9,14-18H2,1H3,(H,30,34)(H,31,35)/t24-,25-/m1/s1. The first kappa shape index (κ1) is 26.0. The van der Waals surface area contributed by atoms with E-state index in [-0.39, 0.29) is 42.3 Å². The number of likely N-dealkylation sites (tertiary alicyclic amines) is 1. The van der Waals surface area contributed by atoms with Crippen LogP contribution in [0.25, 0.3) is 0 Å². The van der Waals surface area contributed by atoms with Gasteiger partial charge in [-0.05, 0) is 68.5 Å².